The highest BCUT2D eigenvalue weighted by Crippen LogP contribution is 2.32. The Balaban J connectivity index is 1.23. The minimum absolute atomic E-state index is 0.00923. The molecule has 0 aliphatic carbocycles. The first kappa shape index (κ1) is 29.1. The van der Waals surface area contributed by atoms with E-state index >= 15 is 0 Å². The van der Waals surface area contributed by atoms with E-state index in [4.69, 9.17) is 14.0 Å². The fourth-order valence-corrected chi connectivity index (χ4v) is 4.91. The summed E-state index contributed by atoms with van der Waals surface area (Å²) in [6.07, 6.45) is 9.61. The highest BCUT2D eigenvalue weighted by Gasteiger charge is 2.21. The highest BCUT2D eigenvalue weighted by molar-refractivity contribution is 5.71. The van der Waals surface area contributed by atoms with Crippen molar-refractivity contribution in [3.8, 4) is 5.75 Å². The first-order chi connectivity index (χ1) is 19.7. The van der Waals surface area contributed by atoms with Crippen molar-refractivity contribution in [1.29, 1.82) is 0 Å². The Morgan fingerprint density at radius 2 is 1.48 bits per heavy atom. The Bertz CT molecular complexity index is 1230. The van der Waals surface area contributed by atoms with Crippen LogP contribution in [0.15, 0.2) is 95.5 Å². The molecule has 0 aliphatic rings. The van der Waals surface area contributed by atoms with Crippen LogP contribution >= 0.6 is 0 Å². The number of benzene rings is 3. The molecule has 40 heavy (non-hydrogen) atoms. The van der Waals surface area contributed by atoms with Gasteiger partial charge in [-0.25, -0.2) is 4.79 Å². The molecule has 0 saturated carbocycles. The molecular weight excluding hydrogens is 498 g/mol. The lowest BCUT2D eigenvalue weighted by molar-refractivity contribution is -0.146. The standard InChI is InChI=1S/C35H41NO4/c1-2-3-4-5-6-13-24-38-34(37)27-39-32-23-15-17-28(25-32)16-14-22-31-26-33(40-36-31)35(29-18-9-7-10-19-29)30-20-11-8-12-21-30/h7-12,15,17-21,23,25-26,35H,2-6,13-14,16,22,24,27H2,1H3. The van der Waals surface area contributed by atoms with Gasteiger partial charge in [0.2, 0.25) is 0 Å². The molecule has 0 spiro atoms. The van der Waals surface area contributed by atoms with Gasteiger partial charge in [0, 0.05) is 6.07 Å². The summed E-state index contributed by atoms with van der Waals surface area (Å²) in [5, 5.41) is 4.38. The van der Waals surface area contributed by atoms with Crippen molar-refractivity contribution in [1.82, 2.24) is 5.16 Å². The molecule has 5 heteroatoms. The molecule has 3 aromatic carbocycles. The number of esters is 1. The zero-order chi connectivity index (χ0) is 27.8. The normalized spacial score (nSPS) is 11.1. The lowest BCUT2D eigenvalue weighted by Crippen LogP contribution is -2.15. The molecule has 0 bridgehead atoms. The van der Waals surface area contributed by atoms with Crippen molar-refractivity contribution in [2.24, 2.45) is 0 Å². The summed E-state index contributed by atoms with van der Waals surface area (Å²) in [7, 11) is 0. The van der Waals surface area contributed by atoms with Crippen LogP contribution in [0.2, 0.25) is 0 Å². The van der Waals surface area contributed by atoms with E-state index in [1.165, 1.54) is 36.8 Å². The molecule has 0 N–H and O–H groups in total. The summed E-state index contributed by atoms with van der Waals surface area (Å²) in [6, 6.07) is 30.8. The second-order valence-electron chi connectivity index (χ2n) is 10.3. The van der Waals surface area contributed by atoms with Gasteiger partial charge in [0.05, 0.1) is 18.2 Å². The number of hydrogen-bond donors (Lipinski definition) is 0. The van der Waals surface area contributed by atoms with Crippen LogP contribution in [-0.2, 0) is 22.4 Å². The zero-order valence-corrected chi connectivity index (χ0v) is 23.6. The molecule has 1 aromatic heterocycles. The summed E-state index contributed by atoms with van der Waals surface area (Å²) in [4.78, 5) is 12.0. The Morgan fingerprint density at radius 1 is 0.775 bits per heavy atom. The first-order valence-electron chi connectivity index (χ1n) is 14.7. The van der Waals surface area contributed by atoms with Crippen LogP contribution in [0.5, 0.6) is 5.75 Å². The Hall–Kier alpha value is -3.86. The van der Waals surface area contributed by atoms with Gasteiger partial charge in [0.25, 0.3) is 0 Å². The monoisotopic (exact) mass is 539 g/mol. The molecular formula is C35H41NO4. The van der Waals surface area contributed by atoms with E-state index in [0.29, 0.717) is 12.4 Å². The van der Waals surface area contributed by atoms with Crippen molar-refractivity contribution < 1.29 is 18.8 Å². The minimum atomic E-state index is -0.315. The van der Waals surface area contributed by atoms with E-state index in [-0.39, 0.29) is 18.5 Å². The molecule has 0 aliphatic heterocycles. The smallest absolute Gasteiger partial charge is 0.344 e. The Labute approximate surface area is 238 Å². The molecule has 5 nitrogen and oxygen atoms in total. The molecule has 4 aromatic rings. The van der Waals surface area contributed by atoms with Crippen LogP contribution in [0, 0.1) is 0 Å². The molecule has 0 radical (unpaired) electrons. The Morgan fingerprint density at radius 3 is 2.20 bits per heavy atom. The van der Waals surface area contributed by atoms with E-state index < -0.39 is 0 Å². The number of rotatable bonds is 17. The van der Waals surface area contributed by atoms with Crippen LogP contribution in [0.25, 0.3) is 0 Å². The molecule has 0 saturated heterocycles. The number of unbranched alkanes of at least 4 members (excludes halogenated alkanes) is 5. The number of hydrogen-bond acceptors (Lipinski definition) is 5. The Kier molecular flexibility index (Phi) is 11.9. The lowest BCUT2D eigenvalue weighted by Gasteiger charge is -2.14. The molecule has 0 amide bonds. The molecule has 0 unspecified atom stereocenters. The number of aryl methyl sites for hydroxylation is 2. The third kappa shape index (κ3) is 9.41. The van der Waals surface area contributed by atoms with Gasteiger partial charge in [0.1, 0.15) is 11.5 Å². The number of carbonyl (C=O) groups is 1. The minimum Gasteiger partial charge on any atom is -0.482 e. The quantitative estimate of drug-likeness (QED) is 0.0997. The van der Waals surface area contributed by atoms with Crippen LogP contribution in [0.3, 0.4) is 0 Å². The first-order valence-corrected chi connectivity index (χ1v) is 14.7. The van der Waals surface area contributed by atoms with Crippen molar-refractivity contribution >= 4 is 5.97 Å². The third-order valence-electron chi connectivity index (χ3n) is 7.04. The summed E-state index contributed by atoms with van der Waals surface area (Å²) in [5.41, 5.74) is 4.47. The van der Waals surface area contributed by atoms with Gasteiger partial charge in [0.15, 0.2) is 6.61 Å². The maximum atomic E-state index is 12.0. The average molecular weight is 540 g/mol. The van der Waals surface area contributed by atoms with E-state index in [2.05, 4.69) is 72.7 Å². The van der Waals surface area contributed by atoms with E-state index in [1.54, 1.807) is 0 Å². The van der Waals surface area contributed by atoms with E-state index in [9.17, 15) is 4.79 Å². The number of nitrogens with zero attached hydrogens (tertiary/aromatic N) is 1. The lowest BCUT2D eigenvalue weighted by atomic mass is 9.89. The fraction of sp³-hybridized carbons (Fsp3) is 0.371. The van der Waals surface area contributed by atoms with Gasteiger partial charge in [-0.05, 0) is 54.5 Å². The predicted molar refractivity (Wildman–Crippen MR) is 159 cm³/mol. The fourth-order valence-electron chi connectivity index (χ4n) is 4.91. The second kappa shape index (κ2) is 16.3. The number of aromatic nitrogens is 1. The van der Waals surface area contributed by atoms with Crippen molar-refractivity contribution in [2.75, 3.05) is 13.2 Å². The van der Waals surface area contributed by atoms with Gasteiger partial charge >= 0.3 is 5.97 Å². The van der Waals surface area contributed by atoms with Crippen LogP contribution in [-0.4, -0.2) is 24.3 Å². The average Bonchev–Trinajstić information content (AvgIpc) is 3.45. The predicted octanol–water partition coefficient (Wildman–Crippen LogP) is 8.31. The van der Waals surface area contributed by atoms with Gasteiger partial charge in [-0.2, -0.15) is 0 Å². The molecule has 0 atom stereocenters. The van der Waals surface area contributed by atoms with Gasteiger partial charge in [-0.1, -0.05) is 117 Å². The second-order valence-corrected chi connectivity index (χ2v) is 10.3. The van der Waals surface area contributed by atoms with E-state index in [0.717, 1.165) is 49.1 Å². The summed E-state index contributed by atoms with van der Waals surface area (Å²) in [6.45, 7) is 2.61. The van der Waals surface area contributed by atoms with Gasteiger partial charge in [-0.3, -0.25) is 0 Å². The van der Waals surface area contributed by atoms with Crippen LogP contribution < -0.4 is 4.74 Å². The zero-order valence-electron chi connectivity index (χ0n) is 23.6. The van der Waals surface area contributed by atoms with Crippen LogP contribution in [0.4, 0.5) is 0 Å². The van der Waals surface area contributed by atoms with Crippen LogP contribution in [0.1, 0.15) is 85.9 Å². The summed E-state index contributed by atoms with van der Waals surface area (Å²) in [5.74, 6) is 1.23. The maximum Gasteiger partial charge on any atom is 0.344 e. The summed E-state index contributed by atoms with van der Waals surface area (Å²) >= 11 is 0. The SMILES string of the molecule is CCCCCCCCOC(=O)COc1cccc(CCCc2cc(C(c3ccccc3)c3ccccc3)on2)c1. The molecule has 0 fully saturated rings. The van der Waals surface area contributed by atoms with Crippen molar-refractivity contribution in [2.45, 2.75) is 70.6 Å². The molecule has 1 heterocycles. The number of carbonyl (C=O) groups excluding carboxylic acids is 1. The summed E-state index contributed by atoms with van der Waals surface area (Å²) < 4.78 is 16.9. The largest absolute Gasteiger partial charge is 0.482 e. The topological polar surface area (TPSA) is 61.6 Å². The molecule has 210 valence electrons. The maximum absolute atomic E-state index is 12.0. The molecule has 4 rings (SSSR count). The highest BCUT2D eigenvalue weighted by atomic mass is 16.6. The van der Waals surface area contributed by atoms with Gasteiger partial charge in [-0.15, -0.1) is 0 Å². The van der Waals surface area contributed by atoms with Crippen molar-refractivity contribution in [3.63, 3.8) is 0 Å². The third-order valence-corrected chi connectivity index (χ3v) is 7.04. The van der Waals surface area contributed by atoms with E-state index in [1.807, 2.05) is 30.3 Å². The van der Waals surface area contributed by atoms with Crippen molar-refractivity contribution in [3.05, 3.63) is 119 Å². The number of ether oxygens (including phenoxy) is 2. The van der Waals surface area contributed by atoms with Gasteiger partial charge < -0.3 is 14.0 Å².